The average Bonchev–Trinajstić information content (AvgIpc) is 3.64. The number of benzene rings is 4. The molecule has 2 heterocycles. The fraction of sp³-hybridized carbons (Fsp3) is 0.423. The van der Waals surface area contributed by atoms with Crippen LogP contribution >= 0.6 is 20.3 Å². The summed E-state index contributed by atoms with van der Waals surface area (Å²) < 4.78 is 44.1. The van der Waals surface area contributed by atoms with E-state index in [2.05, 4.69) is 94.7 Å². The number of thioether (sulfide) groups is 1. The van der Waals surface area contributed by atoms with Crippen LogP contribution in [0.3, 0.4) is 0 Å². The molecular formula is C52H66N5O8PSSi. The SMILES string of the molecule is COc1ccc(C(OC[C@H]2S[C@@H](n3ccc(NC(=O)c4ccccc4)nc3=O)[C@H](O[Si](C)(C)C(C)(C)C)[C@@H]2OP(OCCC#N)N(C(C)C)C(C)C)(c2ccccc2)c2ccc(OC)cc2)cc1. The smallest absolute Gasteiger partial charge is 0.350 e. The lowest BCUT2D eigenvalue weighted by Gasteiger charge is -2.43. The van der Waals surface area contributed by atoms with Gasteiger partial charge in [0.15, 0.2) is 8.32 Å². The number of amides is 1. The van der Waals surface area contributed by atoms with Crippen molar-refractivity contribution in [2.24, 2.45) is 0 Å². The van der Waals surface area contributed by atoms with E-state index >= 15 is 0 Å². The largest absolute Gasteiger partial charge is 0.497 e. The average molecular weight is 980 g/mol. The standard InChI is InChI=1S/C52H66N5O8PSSi/c1-36(2)57(37(3)4)66(63-34-18-32-53)64-46-44(35-62-52(39-21-16-13-17-22-39,40-23-27-42(60-8)28-24-40)41-25-29-43(61-9)30-26-41)67-49(47(46)65-68(10,11)51(5,6)7)56-33-31-45(55-50(56)59)54-48(58)38-19-14-12-15-20-38/h12-17,19-31,33,36-37,44,46-47,49H,18,34-35H2,1-11H3,(H,54,55,58,59)/t44-,46-,47-,49-,66?/m1/s1. The van der Waals surface area contributed by atoms with E-state index in [0.717, 1.165) is 16.7 Å². The molecule has 0 bridgehead atoms. The molecule has 362 valence electrons. The molecule has 5 atom stereocenters. The quantitative estimate of drug-likeness (QED) is 0.0323. The van der Waals surface area contributed by atoms with Gasteiger partial charge in [-0.3, -0.25) is 9.36 Å². The second-order valence-corrected chi connectivity index (χ2v) is 26.2. The Balaban J connectivity index is 1.53. The third kappa shape index (κ3) is 12.1. The molecule has 1 aliphatic rings. The first kappa shape index (κ1) is 52.5. The van der Waals surface area contributed by atoms with E-state index in [-0.39, 0.29) is 48.5 Å². The van der Waals surface area contributed by atoms with Crippen molar-refractivity contribution in [2.75, 3.05) is 32.8 Å². The zero-order valence-corrected chi connectivity index (χ0v) is 43.8. The Hall–Kier alpha value is -4.88. The van der Waals surface area contributed by atoms with E-state index in [1.165, 1.54) is 11.8 Å². The highest BCUT2D eigenvalue weighted by atomic mass is 32.2. The number of ether oxygens (including phenoxy) is 3. The zero-order chi connectivity index (χ0) is 49.2. The number of hydrogen-bond donors (Lipinski definition) is 1. The van der Waals surface area contributed by atoms with Crippen LogP contribution in [0.2, 0.25) is 18.1 Å². The Morgan fingerprint density at radius 1 is 0.838 bits per heavy atom. The predicted octanol–water partition coefficient (Wildman–Crippen LogP) is 11.2. The van der Waals surface area contributed by atoms with Gasteiger partial charge < -0.3 is 33.0 Å². The van der Waals surface area contributed by atoms with Gasteiger partial charge >= 0.3 is 5.69 Å². The number of hydrogen-bond acceptors (Lipinski definition) is 12. The summed E-state index contributed by atoms with van der Waals surface area (Å²) >= 11 is 1.53. The van der Waals surface area contributed by atoms with Crippen LogP contribution in [0.25, 0.3) is 0 Å². The van der Waals surface area contributed by atoms with Crippen LogP contribution in [0.15, 0.2) is 126 Å². The number of methoxy groups -OCH3 is 2. The molecule has 0 saturated carbocycles. The van der Waals surface area contributed by atoms with E-state index in [0.29, 0.717) is 17.1 Å². The fourth-order valence-electron chi connectivity index (χ4n) is 7.97. The molecule has 1 aliphatic heterocycles. The molecule has 68 heavy (non-hydrogen) atoms. The van der Waals surface area contributed by atoms with Crippen molar-refractivity contribution in [1.82, 2.24) is 14.2 Å². The Morgan fingerprint density at radius 3 is 1.88 bits per heavy atom. The van der Waals surface area contributed by atoms with Gasteiger partial charge in [-0.25, -0.2) is 9.46 Å². The van der Waals surface area contributed by atoms with Crippen LogP contribution in [0.4, 0.5) is 5.82 Å². The molecule has 0 spiro atoms. The number of nitrogens with zero attached hydrogens (tertiary/aromatic N) is 4. The maximum Gasteiger partial charge on any atom is 0.350 e. The number of rotatable bonds is 21. The first-order chi connectivity index (χ1) is 32.4. The maximum absolute atomic E-state index is 14.4. The third-order valence-electron chi connectivity index (χ3n) is 12.4. The predicted molar refractivity (Wildman–Crippen MR) is 274 cm³/mol. The molecule has 1 N–H and O–H groups in total. The van der Waals surface area contributed by atoms with Gasteiger partial charge in [-0.1, -0.05) is 93.6 Å². The summed E-state index contributed by atoms with van der Waals surface area (Å²) in [7, 11) is -1.14. The Bertz CT molecular complexity index is 2450. The summed E-state index contributed by atoms with van der Waals surface area (Å²) in [6.45, 7) is 19.6. The molecule has 1 aromatic heterocycles. The minimum atomic E-state index is -2.63. The Kier molecular flexibility index (Phi) is 17.9. The number of anilines is 1. The molecule has 0 radical (unpaired) electrons. The monoisotopic (exact) mass is 979 g/mol. The normalized spacial score (nSPS) is 18.1. The van der Waals surface area contributed by atoms with E-state index in [9.17, 15) is 14.9 Å². The van der Waals surface area contributed by atoms with E-state index in [1.54, 1.807) is 55.3 Å². The summed E-state index contributed by atoms with van der Waals surface area (Å²) in [5.41, 5.74) is 1.33. The second kappa shape index (κ2) is 23.1. The van der Waals surface area contributed by atoms with Crippen LogP contribution in [0, 0.1) is 11.3 Å². The summed E-state index contributed by atoms with van der Waals surface area (Å²) in [5.74, 6) is 1.15. The highest BCUT2D eigenvalue weighted by Crippen LogP contribution is 2.56. The highest BCUT2D eigenvalue weighted by Gasteiger charge is 2.54. The lowest BCUT2D eigenvalue weighted by atomic mass is 9.80. The Labute approximate surface area is 408 Å². The zero-order valence-electron chi connectivity index (χ0n) is 41.0. The van der Waals surface area contributed by atoms with Gasteiger partial charge in [0.1, 0.15) is 40.5 Å². The van der Waals surface area contributed by atoms with Crippen LogP contribution in [0.5, 0.6) is 11.5 Å². The van der Waals surface area contributed by atoms with Crippen molar-refractivity contribution < 1.29 is 32.5 Å². The van der Waals surface area contributed by atoms with Gasteiger partial charge in [0.05, 0.1) is 45.2 Å². The van der Waals surface area contributed by atoms with Crippen molar-refractivity contribution in [3.8, 4) is 17.6 Å². The second-order valence-electron chi connectivity index (χ2n) is 18.7. The summed E-state index contributed by atoms with van der Waals surface area (Å²) in [6.07, 6.45) is 0.427. The summed E-state index contributed by atoms with van der Waals surface area (Å²) in [4.78, 5) is 32.0. The van der Waals surface area contributed by atoms with Crippen molar-refractivity contribution >= 4 is 40.3 Å². The maximum atomic E-state index is 14.4. The topological polar surface area (TPSA) is 146 Å². The van der Waals surface area contributed by atoms with Crippen LogP contribution < -0.4 is 20.5 Å². The molecule has 1 amide bonds. The molecule has 4 aromatic carbocycles. The molecule has 0 aliphatic carbocycles. The van der Waals surface area contributed by atoms with E-state index in [4.69, 9.17) is 27.7 Å². The molecule has 1 unspecified atom stereocenters. The van der Waals surface area contributed by atoms with Crippen molar-refractivity contribution in [1.29, 1.82) is 5.26 Å². The van der Waals surface area contributed by atoms with Crippen LogP contribution in [-0.4, -0.2) is 85.4 Å². The Morgan fingerprint density at radius 2 is 1.38 bits per heavy atom. The summed E-state index contributed by atoms with van der Waals surface area (Å²) in [6, 6.07) is 38.6. The molecule has 16 heteroatoms. The number of carbonyl (C=O) groups excluding carboxylic acids is 1. The first-order valence-corrected chi connectivity index (χ1v) is 27.9. The summed E-state index contributed by atoms with van der Waals surface area (Å²) in [5, 5.41) is 11.1. The van der Waals surface area contributed by atoms with Crippen LogP contribution in [-0.2, 0) is 23.8 Å². The first-order valence-electron chi connectivity index (χ1n) is 23.0. The number of nitriles is 1. The van der Waals surface area contributed by atoms with Gasteiger partial charge in [0.25, 0.3) is 14.4 Å². The lowest BCUT2D eigenvalue weighted by molar-refractivity contribution is -0.0205. The molecule has 5 aromatic rings. The molecular weight excluding hydrogens is 914 g/mol. The lowest BCUT2D eigenvalue weighted by Crippen LogP contribution is -2.50. The molecule has 6 rings (SSSR count). The molecule has 13 nitrogen and oxygen atoms in total. The van der Waals surface area contributed by atoms with Gasteiger partial charge in [0, 0.05) is 23.8 Å². The minimum Gasteiger partial charge on any atom is -0.497 e. The van der Waals surface area contributed by atoms with E-state index in [1.807, 2.05) is 72.8 Å². The highest BCUT2D eigenvalue weighted by molar-refractivity contribution is 8.00. The van der Waals surface area contributed by atoms with Gasteiger partial charge in [0.2, 0.25) is 0 Å². The number of nitrogens with one attached hydrogen (secondary N) is 1. The molecule has 1 fully saturated rings. The van der Waals surface area contributed by atoms with Crippen molar-refractivity contribution in [3.63, 3.8) is 0 Å². The minimum absolute atomic E-state index is 0.0174. The van der Waals surface area contributed by atoms with Crippen LogP contribution in [0.1, 0.15) is 87.3 Å². The number of carbonyl (C=O) groups is 1. The van der Waals surface area contributed by atoms with Gasteiger partial charge in [-0.05, 0) is 105 Å². The van der Waals surface area contributed by atoms with Gasteiger partial charge in [-0.2, -0.15) is 10.2 Å². The van der Waals surface area contributed by atoms with Crippen molar-refractivity contribution in [2.45, 2.75) is 114 Å². The van der Waals surface area contributed by atoms with E-state index < -0.39 is 51.0 Å². The van der Waals surface area contributed by atoms with Crippen molar-refractivity contribution in [3.05, 3.63) is 154 Å². The van der Waals surface area contributed by atoms with Gasteiger partial charge in [-0.15, -0.1) is 11.8 Å². The number of aromatic nitrogens is 2. The fourth-order valence-corrected chi connectivity index (χ4v) is 12.8. The molecule has 1 saturated heterocycles. The third-order valence-corrected chi connectivity index (χ3v) is 20.5.